The van der Waals surface area contributed by atoms with Crippen molar-refractivity contribution in [2.75, 3.05) is 32.7 Å². The zero-order chi connectivity index (χ0) is 16.4. The zero-order valence-electron chi connectivity index (χ0n) is 14.4. The van der Waals surface area contributed by atoms with Crippen molar-refractivity contribution in [1.29, 1.82) is 0 Å². The topological polar surface area (TPSA) is 53.4 Å². The highest BCUT2D eigenvalue weighted by atomic mass is 16.2. The van der Waals surface area contributed by atoms with E-state index in [4.69, 9.17) is 0 Å². The minimum atomic E-state index is 0.100. The Morgan fingerprint density at radius 1 is 1.17 bits per heavy atom. The first-order valence-corrected chi connectivity index (χ1v) is 9.54. The lowest BCUT2D eigenvalue weighted by molar-refractivity contribution is 0.0827. The summed E-state index contributed by atoms with van der Waals surface area (Å²) < 4.78 is 1.90. The summed E-state index contributed by atoms with van der Waals surface area (Å²) in [6.07, 6.45) is 10.4. The summed E-state index contributed by atoms with van der Waals surface area (Å²) in [7, 11) is 0. The number of rotatable bonds is 5. The molecule has 6 nitrogen and oxygen atoms in total. The highest BCUT2D eigenvalue weighted by molar-refractivity contribution is 5.74. The van der Waals surface area contributed by atoms with Crippen LogP contribution in [0.1, 0.15) is 32.1 Å². The summed E-state index contributed by atoms with van der Waals surface area (Å²) in [6.45, 7) is 5.41. The molecule has 3 fully saturated rings. The van der Waals surface area contributed by atoms with Gasteiger partial charge in [0.25, 0.3) is 0 Å². The maximum absolute atomic E-state index is 12.3. The van der Waals surface area contributed by atoms with Crippen molar-refractivity contribution in [1.82, 2.24) is 24.9 Å². The number of carbonyl (C=O) groups excluding carboxylic acids is 1. The fourth-order valence-corrected chi connectivity index (χ4v) is 4.90. The molecule has 3 aliphatic rings. The summed E-state index contributed by atoms with van der Waals surface area (Å²) in [4.78, 5) is 16.9. The molecular formula is C18H29N5O. The molecule has 1 N–H and O–H groups in total. The number of nitrogens with zero attached hydrogens (tertiary/aromatic N) is 4. The van der Waals surface area contributed by atoms with E-state index in [2.05, 4.69) is 15.3 Å². The maximum Gasteiger partial charge on any atom is 0.317 e. The third-order valence-corrected chi connectivity index (χ3v) is 6.17. The molecule has 4 rings (SSSR count). The van der Waals surface area contributed by atoms with E-state index < -0.39 is 0 Å². The quantitative estimate of drug-likeness (QED) is 0.837. The maximum atomic E-state index is 12.3. The van der Waals surface area contributed by atoms with Crippen LogP contribution >= 0.6 is 0 Å². The van der Waals surface area contributed by atoms with Crippen LogP contribution in [0.25, 0.3) is 0 Å². The van der Waals surface area contributed by atoms with E-state index in [0.29, 0.717) is 6.54 Å². The van der Waals surface area contributed by atoms with Crippen molar-refractivity contribution in [3.8, 4) is 0 Å². The normalized spacial score (nSPS) is 30.0. The molecule has 0 unspecified atom stereocenters. The highest BCUT2D eigenvalue weighted by Gasteiger charge is 2.42. The Hall–Kier alpha value is -1.56. The molecule has 1 saturated heterocycles. The van der Waals surface area contributed by atoms with Crippen LogP contribution in [0.5, 0.6) is 0 Å². The van der Waals surface area contributed by atoms with Crippen LogP contribution in [-0.2, 0) is 6.54 Å². The number of nitrogens with one attached hydrogen (secondary N) is 1. The van der Waals surface area contributed by atoms with E-state index in [1.807, 2.05) is 21.8 Å². The Balaban J connectivity index is 1.15. The number of fused-ring (bicyclic) bond motifs is 2. The van der Waals surface area contributed by atoms with Gasteiger partial charge in [0, 0.05) is 57.7 Å². The largest absolute Gasteiger partial charge is 0.338 e. The molecule has 3 atom stereocenters. The van der Waals surface area contributed by atoms with Gasteiger partial charge >= 0.3 is 6.03 Å². The van der Waals surface area contributed by atoms with Crippen LogP contribution in [0.2, 0.25) is 0 Å². The van der Waals surface area contributed by atoms with Gasteiger partial charge in [0.1, 0.15) is 0 Å². The minimum Gasteiger partial charge on any atom is -0.338 e. The van der Waals surface area contributed by atoms with Gasteiger partial charge in [-0.15, -0.1) is 0 Å². The summed E-state index contributed by atoms with van der Waals surface area (Å²) in [6, 6.07) is 2.83. The van der Waals surface area contributed by atoms with Gasteiger partial charge in [-0.05, 0) is 43.6 Å². The van der Waals surface area contributed by atoms with Crippen LogP contribution in [-0.4, -0.2) is 64.4 Å². The average molecular weight is 331 g/mol. The van der Waals surface area contributed by atoms with E-state index in [1.165, 1.54) is 25.7 Å². The minimum absolute atomic E-state index is 0.100. The zero-order valence-corrected chi connectivity index (χ0v) is 14.4. The third-order valence-electron chi connectivity index (χ3n) is 6.17. The van der Waals surface area contributed by atoms with Gasteiger partial charge in [-0.25, -0.2) is 4.79 Å². The number of aromatic nitrogens is 2. The molecule has 1 aliphatic heterocycles. The van der Waals surface area contributed by atoms with Gasteiger partial charge in [-0.3, -0.25) is 9.58 Å². The van der Waals surface area contributed by atoms with Gasteiger partial charge in [0.05, 0.1) is 0 Å². The molecule has 24 heavy (non-hydrogen) atoms. The first-order valence-electron chi connectivity index (χ1n) is 9.54. The molecule has 2 heterocycles. The molecule has 0 aromatic carbocycles. The molecular weight excluding hydrogens is 302 g/mol. The molecule has 2 saturated carbocycles. The molecule has 2 bridgehead atoms. The van der Waals surface area contributed by atoms with Crippen LogP contribution in [0.15, 0.2) is 18.5 Å². The predicted octanol–water partition coefficient (Wildman–Crippen LogP) is 1.79. The first-order chi connectivity index (χ1) is 11.8. The van der Waals surface area contributed by atoms with Crippen molar-refractivity contribution in [3.63, 3.8) is 0 Å². The van der Waals surface area contributed by atoms with E-state index >= 15 is 0 Å². The van der Waals surface area contributed by atoms with Gasteiger partial charge in [0.15, 0.2) is 0 Å². The smallest absolute Gasteiger partial charge is 0.317 e. The Morgan fingerprint density at radius 3 is 2.71 bits per heavy atom. The molecule has 0 radical (unpaired) electrons. The SMILES string of the molecule is O=C(NCCCn1cccn1)N1CCN([C@@H]2C[C@H]3CC[C@H]2C3)CC1. The van der Waals surface area contributed by atoms with E-state index in [-0.39, 0.29) is 6.03 Å². The van der Waals surface area contributed by atoms with Crippen molar-refractivity contribution in [2.45, 2.75) is 44.7 Å². The van der Waals surface area contributed by atoms with Crippen molar-refractivity contribution in [3.05, 3.63) is 18.5 Å². The molecule has 1 aromatic heterocycles. The lowest BCUT2D eigenvalue weighted by Crippen LogP contribution is -2.55. The third kappa shape index (κ3) is 3.43. The summed E-state index contributed by atoms with van der Waals surface area (Å²) >= 11 is 0. The number of piperazine rings is 1. The first kappa shape index (κ1) is 15.9. The Kier molecular flexibility index (Phi) is 4.74. The van der Waals surface area contributed by atoms with Crippen molar-refractivity contribution in [2.24, 2.45) is 11.8 Å². The number of hydrogen-bond acceptors (Lipinski definition) is 3. The predicted molar refractivity (Wildman–Crippen MR) is 92.6 cm³/mol. The van der Waals surface area contributed by atoms with Crippen molar-refractivity contribution < 1.29 is 4.79 Å². The summed E-state index contributed by atoms with van der Waals surface area (Å²) in [5.74, 6) is 1.94. The van der Waals surface area contributed by atoms with Crippen LogP contribution < -0.4 is 5.32 Å². The lowest BCUT2D eigenvalue weighted by Gasteiger charge is -2.41. The number of amides is 2. The standard InChI is InChI=1S/C18H29N5O/c24-18(19-5-1-7-23-8-2-6-20-23)22-11-9-21(10-12-22)17-14-15-3-4-16(17)13-15/h2,6,8,15-17H,1,3-5,7,9-14H2,(H,19,24)/t15-,16-,17+/m0/s1. The van der Waals surface area contributed by atoms with Gasteiger partial charge in [-0.2, -0.15) is 5.10 Å². The number of hydrogen-bond donors (Lipinski definition) is 1. The molecule has 132 valence electrons. The van der Waals surface area contributed by atoms with E-state index in [1.54, 1.807) is 6.20 Å². The average Bonchev–Trinajstić information content (AvgIpc) is 3.36. The molecule has 0 spiro atoms. The van der Waals surface area contributed by atoms with Gasteiger partial charge in [-0.1, -0.05) is 6.42 Å². The van der Waals surface area contributed by atoms with E-state index in [0.717, 1.165) is 57.0 Å². The van der Waals surface area contributed by atoms with Crippen LogP contribution in [0, 0.1) is 11.8 Å². The van der Waals surface area contributed by atoms with Crippen LogP contribution in [0.3, 0.4) is 0 Å². The fourth-order valence-electron chi connectivity index (χ4n) is 4.90. The number of aryl methyl sites for hydroxylation is 1. The van der Waals surface area contributed by atoms with Gasteiger partial charge < -0.3 is 10.2 Å². The highest BCUT2D eigenvalue weighted by Crippen LogP contribution is 2.46. The Morgan fingerprint density at radius 2 is 2.04 bits per heavy atom. The molecule has 1 aromatic rings. The second-order valence-electron chi connectivity index (χ2n) is 7.62. The second kappa shape index (κ2) is 7.13. The Labute approximate surface area is 144 Å². The summed E-state index contributed by atoms with van der Waals surface area (Å²) in [5.41, 5.74) is 0. The lowest BCUT2D eigenvalue weighted by atomic mass is 9.93. The summed E-state index contributed by atoms with van der Waals surface area (Å²) in [5, 5.41) is 7.23. The molecule has 2 aliphatic carbocycles. The fraction of sp³-hybridized carbons (Fsp3) is 0.778. The second-order valence-corrected chi connectivity index (χ2v) is 7.62. The molecule has 2 amide bonds. The number of urea groups is 1. The van der Waals surface area contributed by atoms with E-state index in [9.17, 15) is 4.79 Å². The monoisotopic (exact) mass is 331 g/mol. The Bertz CT molecular complexity index is 538. The van der Waals surface area contributed by atoms with Gasteiger partial charge in [0.2, 0.25) is 0 Å². The number of carbonyl (C=O) groups is 1. The van der Waals surface area contributed by atoms with Crippen LogP contribution in [0.4, 0.5) is 4.79 Å². The van der Waals surface area contributed by atoms with Crippen molar-refractivity contribution >= 4 is 6.03 Å². The molecule has 6 heteroatoms.